The van der Waals surface area contributed by atoms with E-state index in [4.69, 9.17) is 0 Å². The molecule has 0 spiro atoms. The highest BCUT2D eigenvalue weighted by Crippen LogP contribution is 2.29. The predicted octanol–water partition coefficient (Wildman–Crippen LogP) is 1.63. The summed E-state index contributed by atoms with van der Waals surface area (Å²) in [5.41, 5.74) is -0.364. The molecule has 1 aromatic carbocycles. The molecule has 1 atom stereocenters. The van der Waals surface area contributed by atoms with E-state index in [9.17, 15) is 18.5 Å². The smallest absolute Gasteiger partial charge is 0.258 e. The van der Waals surface area contributed by atoms with Crippen LogP contribution in [-0.2, 0) is 10.0 Å². The summed E-state index contributed by atoms with van der Waals surface area (Å²) in [6.07, 6.45) is 0.792. The molecule has 0 bridgehead atoms. The largest absolute Gasteiger partial charge is 0.289 e. The van der Waals surface area contributed by atoms with Gasteiger partial charge in [0.1, 0.15) is 0 Å². The molecule has 0 unspecified atom stereocenters. The maximum absolute atomic E-state index is 12.3. The van der Waals surface area contributed by atoms with Gasteiger partial charge in [0, 0.05) is 19.2 Å². The van der Waals surface area contributed by atoms with Gasteiger partial charge < -0.3 is 0 Å². The molecule has 7 heteroatoms. The molecule has 1 aliphatic rings. The summed E-state index contributed by atoms with van der Waals surface area (Å²) in [7, 11) is -3.76. The Balaban J connectivity index is 2.45. The molecule has 1 fully saturated rings. The Bertz CT molecular complexity index is 570. The van der Waals surface area contributed by atoms with Crippen molar-refractivity contribution in [3.63, 3.8) is 0 Å². The Morgan fingerprint density at radius 2 is 2.06 bits per heavy atom. The third kappa shape index (κ3) is 2.23. The molecule has 1 aliphatic heterocycles. The van der Waals surface area contributed by atoms with Crippen LogP contribution in [0.5, 0.6) is 0 Å². The fraction of sp³-hybridized carbons (Fsp3) is 0.455. The van der Waals surface area contributed by atoms with Crippen molar-refractivity contribution < 1.29 is 13.3 Å². The predicted molar refractivity (Wildman–Crippen MR) is 65.6 cm³/mol. The summed E-state index contributed by atoms with van der Waals surface area (Å²) in [5, 5.41) is 10.9. The van der Waals surface area contributed by atoms with Gasteiger partial charge in [-0.25, -0.2) is 8.42 Å². The van der Waals surface area contributed by atoms with Crippen LogP contribution in [0, 0.1) is 16.0 Å². The molecule has 0 N–H and O–H groups in total. The lowest BCUT2D eigenvalue weighted by Crippen LogP contribution is -2.29. The van der Waals surface area contributed by atoms with Gasteiger partial charge in [-0.05, 0) is 18.4 Å². The van der Waals surface area contributed by atoms with Gasteiger partial charge in [-0.3, -0.25) is 10.1 Å². The average molecular weight is 270 g/mol. The molecule has 18 heavy (non-hydrogen) atoms. The molecule has 0 aromatic heterocycles. The molecule has 0 saturated carbocycles. The topological polar surface area (TPSA) is 80.5 Å². The minimum Gasteiger partial charge on any atom is -0.258 e. The average Bonchev–Trinajstić information content (AvgIpc) is 2.76. The third-order valence-corrected chi connectivity index (χ3v) is 4.98. The Morgan fingerprint density at radius 3 is 2.61 bits per heavy atom. The Labute approximate surface area is 105 Å². The van der Waals surface area contributed by atoms with Gasteiger partial charge in [0.25, 0.3) is 5.69 Å². The maximum Gasteiger partial charge on any atom is 0.289 e. The Hall–Kier alpha value is -1.47. The lowest BCUT2D eigenvalue weighted by atomic mass is 10.2. The van der Waals surface area contributed by atoms with Crippen LogP contribution in [0.2, 0.25) is 0 Å². The van der Waals surface area contributed by atoms with Gasteiger partial charge in [-0.2, -0.15) is 4.31 Å². The van der Waals surface area contributed by atoms with Gasteiger partial charge in [0.2, 0.25) is 10.0 Å². The number of nitro benzene ring substituents is 1. The molecule has 1 aromatic rings. The number of rotatable bonds is 3. The van der Waals surface area contributed by atoms with Crippen molar-refractivity contribution in [3.8, 4) is 0 Å². The fourth-order valence-corrected chi connectivity index (χ4v) is 3.81. The highest BCUT2D eigenvalue weighted by atomic mass is 32.2. The summed E-state index contributed by atoms with van der Waals surface area (Å²) in [6.45, 7) is 2.82. The number of sulfonamides is 1. The fourth-order valence-electron chi connectivity index (χ4n) is 2.08. The number of nitrogens with zero attached hydrogens (tertiary/aromatic N) is 2. The molecule has 0 aliphatic carbocycles. The van der Waals surface area contributed by atoms with Crippen molar-refractivity contribution >= 4 is 15.7 Å². The van der Waals surface area contributed by atoms with Gasteiger partial charge >= 0.3 is 0 Å². The zero-order valence-electron chi connectivity index (χ0n) is 9.94. The van der Waals surface area contributed by atoms with Gasteiger partial charge in [0.15, 0.2) is 4.90 Å². The lowest BCUT2D eigenvalue weighted by Gasteiger charge is -2.15. The normalized spacial score (nSPS) is 21.1. The Kier molecular flexibility index (Phi) is 3.36. The van der Waals surface area contributed by atoms with Gasteiger partial charge in [0.05, 0.1) is 4.92 Å². The number of hydrogen-bond acceptors (Lipinski definition) is 4. The molecule has 98 valence electrons. The summed E-state index contributed by atoms with van der Waals surface area (Å²) in [5.74, 6) is 0.294. The van der Waals surface area contributed by atoms with Gasteiger partial charge in [-0.15, -0.1) is 0 Å². The number of hydrogen-bond donors (Lipinski definition) is 0. The van der Waals surface area contributed by atoms with Crippen molar-refractivity contribution in [3.05, 3.63) is 34.4 Å². The van der Waals surface area contributed by atoms with E-state index in [-0.39, 0.29) is 10.6 Å². The first-order valence-corrected chi connectivity index (χ1v) is 7.10. The van der Waals surface area contributed by atoms with Crippen LogP contribution < -0.4 is 0 Å². The van der Waals surface area contributed by atoms with E-state index in [0.717, 1.165) is 6.42 Å². The van der Waals surface area contributed by atoms with Crippen LogP contribution in [0.3, 0.4) is 0 Å². The molecule has 6 nitrogen and oxygen atoms in total. The summed E-state index contributed by atoms with van der Waals surface area (Å²) in [6, 6.07) is 5.46. The van der Waals surface area contributed by atoms with Crippen molar-refractivity contribution in [2.45, 2.75) is 18.2 Å². The second-order valence-electron chi connectivity index (χ2n) is 4.48. The quantitative estimate of drug-likeness (QED) is 0.617. The van der Waals surface area contributed by atoms with Crippen LogP contribution in [0.1, 0.15) is 13.3 Å². The van der Waals surface area contributed by atoms with Crippen LogP contribution >= 0.6 is 0 Å². The monoisotopic (exact) mass is 270 g/mol. The van der Waals surface area contributed by atoms with E-state index < -0.39 is 14.9 Å². The van der Waals surface area contributed by atoms with Crippen LogP contribution in [-0.4, -0.2) is 30.7 Å². The standard InChI is InChI=1S/C11H14N2O4S/c1-9-6-7-12(8-9)18(16,17)11-5-3-2-4-10(11)13(14)15/h2-5,9H,6-8H2,1H3/t9-/m0/s1. The molecule has 1 saturated heterocycles. The van der Waals surface area contributed by atoms with Crippen LogP contribution in [0.15, 0.2) is 29.2 Å². The van der Waals surface area contributed by atoms with E-state index in [1.54, 1.807) is 0 Å². The minimum atomic E-state index is -3.76. The number of benzene rings is 1. The molecule has 2 rings (SSSR count). The van der Waals surface area contributed by atoms with Crippen molar-refractivity contribution in [1.82, 2.24) is 4.31 Å². The summed E-state index contributed by atoms with van der Waals surface area (Å²) in [4.78, 5) is 9.99. The van der Waals surface area contributed by atoms with E-state index in [1.165, 1.54) is 28.6 Å². The molecule has 0 radical (unpaired) electrons. The maximum atomic E-state index is 12.3. The highest BCUT2D eigenvalue weighted by Gasteiger charge is 2.34. The summed E-state index contributed by atoms with van der Waals surface area (Å²) < 4.78 is 26.0. The molecule has 0 amide bonds. The first-order valence-electron chi connectivity index (χ1n) is 5.66. The zero-order valence-corrected chi connectivity index (χ0v) is 10.8. The third-order valence-electron chi connectivity index (χ3n) is 3.07. The van der Waals surface area contributed by atoms with E-state index in [2.05, 4.69) is 0 Å². The van der Waals surface area contributed by atoms with Crippen LogP contribution in [0.4, 0.5) is 5.69 Å². The number of nitro groups is 1. The molecular formula is C11H14N2O4S. The van der Waals surface area contributed by atoms with Gasteiger partial charge in [-0.1, -0.05) is 19.1 Å². The van der Waals surface area contributed by atoms with E-state index >= 15 is 0 Å². The van der Waals surface area contributed by atoms with Crippen molar-refractivity contribution in [2.24, 2.45) is 5.92 Å². The van der Waals surface area contributed by atoms with E-state index in [1.807, 2.05) is 6.92 Å². The van der Waals surface area contributed by atoms with Crippen molar-refractivity contribution in [2.75, 3.05) is 13.1 Å². The minimum absolute atomic E-state index is 0.218. The number of para-hydroxylation sites is 1. The van der Waals surface area contributed by atoms with Crippen molar-refractivity contribution in [1.29, 1.82) is 0 Å². The first kappa shape index (κ1) is 13.0. The SMILES string of the molecule is C[C@H]1CCN(S(=O)(=O)c2ccccc2[N+](=O)[O-])C1. The highest BCUT2D eigenvalue weighted by molar-refractivity contribution is 7.89. The first-order chi connectivity index (χ1) is 8.43. The molecule has 1 heterocycles. The second kappa shape index (κ2) is 4.66. The second-order valence-corrected chi connectivity index (χ2v) is 6.39. The Morgan fingerprint density at radius 1 is 1.39 bits per heavy atom. The zero-order chi connectivity index (χ0) is 13.3. The summed E-state index contributed by atoms with van der Waals surface area (Å²) >= 11 is 0. The molecular weight excluding hydrogens is 256 g/mol. The van der Waals surface area contributed by atoms with E-state index in [0.29, 0.717) is 19.0 Å². The van der Waals surface area contributed by atoms with Crippen LogP contribution in [0.25, 0.3) is 0 Å². The lowest BCUT2D eigenvalue weighted by molar-refractivity contribution is -0.387.